The smallest absolute Gasteiger partial charge is 0.471 e. The highest BCUT2D eigenvalue weighted by Crippen LogP contribution is 2.26. The Morgan fingerprint density at radius 1 is 1.03 bits per heavy atom. The summed E-state index contributed by atoms with van der Waals surface area (Å²) in [4.78, 5) is 26.4. The van der Waals surface area contributed by atoms with Crippen LogP contribution < -0.4 is 15.0 Å². The predicted molar refractivity (Wildman–Crippen MR) is 110 cm³/mol. The number of nitrogens with one attached hydrogen (secondary N) is 1. The Labute approximate surface area is 179 Å². The van der Waals surface area contributed by atoms with Crippen LogP contribution >= 0.6 is 15.9 Å². The van der Waals surface area contributed by atoms with E-state index in [1.807, 2.05) is 4.90 Å². The number of methoxy groups -OCH3 is 1. The molecule has 0 bridgehead atoms. The van der Waals surface area contributed by atoms with Gasteiger partial charge >= 0.3 is 12.1 Å². The first kappa shape index (κ1) is 21.9. The molecule has 0 aliphatic carbocycles. The molecule has 1 N–H and O–H groups in total. The van der Waals surface area contributed by atoms with Crippen LogP contribution in [0.5, 0.6) is 5.75 Å². The third kappa shape index (κ3) is 5.05. The van der Waals surface area contributed by atoms with Gasteiger partial charge in [-0.05, 0) is 58.4 Å². The number of ether oxygens (including phenoxy) is 1. The molecule has 2 aromatic carbocycles. The first-order chi connectivity index (χ1) is 14.2. The second-order valence-corrected chi connectivity index (χ2v) is 7.48. The quantitative estimate of drug-likeness (QED) is 0.712. The molecule has 10 heteroatoms. The van der Waals surface area contributed by atoms with Crippen molar-refractivity contribution in [2.45, 2.75) is 6.18 Å². The molecular formula is C20H19BrF3N3O3. The maximum absolute atomic E-state index is 12.5. The number of hydrogen-bond donors (Lipinski definition) is 1. The maximum atomic E-state index is 12.5. The van der Waals surface area contributed by atoms with Gasteiger partial charge in [-0.1, -0.05) is 0 Å². The van der Waals surface area contributed by atoms with E-state index in [-0.39, 0.29) is 19.0 Å². The molecule has 1 aliphatic heterocycles. The van der Waals surface area contributed by atoms with E-state index in [1.54, 1.807) is 42.5 Å². The Kier molecular flexibility index (Phi) is 6.55. The molecule has 30 heavy (non-hydrogen) atoms. The molecule has 0 aromatic heterocycles. The number of benzene rings is 2. The zero-order valence-corrected chi connectivity index (χ0v) is 17.6. The van der Waals surface area contributed by atoms with E-state index in [0.717, 1.165) is 10.6 Å². The van der Waals surface area contributed by atoms with E-state index in [2.05, 4.69) is 21.2 Å². The zero-order chi connectivity index (χ0) is 21.9. The van der Waals surface area contributed by atoms with Crippen molar-refractivity contribution in [2.24, 2.45) is 0 Å². The summed E-state index contributed by atoms with van der Waals surface area (Å²) in [5.74, 6) is -1.47. The standard InChI is InChI=1S/C20H19BrF3N3O3/c1-30-17-7-2-13(12-16(17)21)18(28)25-14-3-5-15(6-4-14)26-8-10-27(11-9-26)19(29)20(22,23)24/h2-7,12H,8-11H2,1H3,(H,25,28). The second kappa shape index (κ2) is 8.95. The molecule has 1 saturated heterocycles. The Bertz CT molecular complexity index is 927. The number of piperazine rings is 1. The normalized spacial score (nSPS) is 14.4. The molecule has 0 saturated carbocycles. The molecule has 0 unspecified atom stereocenters. The lowest BCUT2D eigenvalue weighted by Crippen LogP contribution is -2.52. The monoisotopic (exact) mass is 485 g/mol. The van der Waals surface area contributed by atoms with Crippen molar-refractivity contribution in [2.75, 3.05) is 43.5 Å². The Hall–Kier alpha value is -2.75. The third-order valence-corrected chi connectivity index (χ3v) is 5.33. The van der Waals surface area contributed by atoms with Gasteiger partial charge in [0.15, 0.2) is 0 Å². The van der Waals surface area contributed by atoms with Gasteiger partial charge in [-0.15, -0.1) is 0 Å². The van der Waals surface area contributed by atoms with Crippen LogP contribution in [-0.2, 0) is 4.79 Å². The molecule has 0 atom stereocenters. The molecule has 2 amide bonds. The van der Waals surface area contributed by atoms with E-state index in [1.165, 1.54) is 7.11 Å². The van der Waals surface area contributed by atoms with E-state index in [0.29, 0.717) is 34.6 Å². The summed E-state index contributed by atoms with van der Waals surface area (Å²) < 4.78 is 43.4. The Morgan fingerprint density at radius 3 is 2.20 bits per heavy atom. The number of rotatable bonds is 4. The molecule has 1 fully saturated rings. The highest BCUT2D eigenvalue weighted by Gasteiger charge is 2.43. The fourth-order valence-electron chi connectivity index (χ4n) is 3.11. The third-order valence-electron chi connectivity index (χ3n) is 4.71. The number of nitrogens with zero attached hydrogens (tertiary/aromatic N) is 2. The predicted octanol–water partition coefficient (Wildman–Crippen LogP) is 3.92. The van der Waals surface area contributed by atoms with E-state index >= 15 is 0 Å². The van der Waals surface area contributed by atoms with Crippen molar-refractivity contribution in [1.29, 1.82) is 0 Å². The number of carbonyl (C=O) groups excluding carboxylic acids is 2. The van der Waals surface area contributed by atoms with Crippen LogP contribution in [0, 0.1) is 0 Å². The minimum Gasteiger partial charge on any atom is -0.496 e. The van der Waals surface area contributed by atoms with Crippen LogP contribution in [0.4, 0.5) is 24.5 Å². The number of carbonyl (C=O) groups is 2. The minimum atomic E-state index is -4.85. The summed E-state index contributed by atoms with van der Waals surface area (Å²) in [6, 6.07) is 12.0. The van der Waals surface area contributed by atoms with Gasteiger partial charge in [-0.3, -0.25) is 9.59 Å². The molecular weight excluding hydrogens is 467 g/mol. The molecule has 2 aromatic rings. The second-order valence-electron chi connectivity index (χ2n) is 6.63. The SMILES string of the molecule is COc1ccc(C(=O)Nc2ccc(N3CCN(C(=O)C(F)(F)F)CC3)cc2)cc1Br. The van der Waals surface area contributed by atoms with Crippen molar-refractivity contribution in [3.63, 3.8) is 0 Å². The number of alkyl halides is 3. The molecule has 3 rings (SSSR count). The molecule has 160 valence electrons. The van der Waals surface area contributed by atoms with Crippen molar-refractivity contribution >= 4 is 39.1 Å². The van der Waals surface area contributed by atoms with Gasteiger partial charge in [0.05, 0.1) is 11.6 Å². The maximum Gasteiger partial charge on any atom is 0.471 e. The van der Waals surface area contributed by atoms with Gasteiger partial charge in [-0.2, -0.15) is 13.2 Å². The summed E-state index contributed by atoms with van der Waals surface area (Å²) in [5, 5.41) is 2.79. The van der Waals surface area contributed by atoms with Crippen LogP contribution in [0.1, 0.15) is 10.4 Å². The van der Waals surface area contributed by atoms with Gasteiger partial charge in [0.1, 0.15) is 5.75 Å². The van der Waals surface area contributed by atoms with Crippen molar-refractivity contribution < 1.29 is 27.5 Å². The lowest BCUT2D eigenvalue weighted by atomic mass is 10.2. The van der Waals surface area contributed by atoms with Crippen molar-refractivity contribution in [3.05, 3.63) is 52.5 Å². The first-order valence-electron chi connectivity index (χ1n) is 9.05. The van der Waals surface area contributed by atoms with Gasteiger partial charge < -0.3 is 19.9 Å². The van der Waals surface area contributed by atoms with Gasteiger partial charge in [-0.25, -0.2) is 0 Å². The molecule has 6 nitrogen and oxygen atoms in total. The molecule has 0 radical (unpaired) electrons. The fourth-order valence-corrected chi connectivity index (χ4v) is 3.65. The van der Waals surface area contributed by atoms with Crippen molar-refractivity contribution in [3.8, 4) is 5.75 Å². The molecule has 1 aliphatic rings. The minimum absolute atomic E-state index is 0.00315. The summed E-state index contributed by atoms with van der Waals surface area (Å²) in [6.07, 6.45) is -4.85. The summed E-state index contributed by atoms with van der Waals surface area (Å²) in [6.45, 7) is 0.604. The lowest BCUT2D eigenvalue weighted by Gasteiger charge is -2.36. The number of anilines is 2. The van der Waals surface area contributed by atoms with Gasteiger partial charge in [0, 0.05) is 43.1 Å². The fraction of sp³-hybridized carbons (Fsp3) is 0.300. The molecule has 0 spiro atoms. The van der Waals surface area contributed by atoms with Crippen LogP contribution in [0.2, 0.25) is 0 Å². The number of amides is 2. The summed E-state index contributed by atoms with van der Waals surface area (Å²) in [5.41, 5.74) is 1.85. The van der Waals surface area contributed by atoms with E-state index in [9.17, 15) is 22.8 Å². The van der Waals surface area contributed by atoms with E-state index < -0.39 is 12.1 Å². The van der Waals surface area contributed by atoms with E-state index in [4.69, 9.17) is 4.74 Å². The zero-order valence-electron chi connectivity index (χ0n) is 16.0. The summed E-state index contributed by atoms with van der Waals surface area (Å²) in [7, 11) is 1.54. The van der Waals surface area contributed by atoms with Gasteiger partial charge in [0.2, 0.25) is 0 Å². The van der Waals surface area contributed by atoms with Crippen LogP contribution in [0.25, 0.3) is 0 Å². The highest BCUT2D eigenvalue weighted by atomic mass is 79.9. The Balaban J connectivity index is 1.58. The van der Waals surface area contributed by atoms with Crippen LogP contribution in [0.15, 0.2) is 46.9 Å². The van der Waals surface area contributed by atoms with Crippen molar-refractivity contribution in [1.82, 2.24) is 4.90 Å². The molecule has 1 heterocycles. The first-order valence-corrected chi connectivity index (χ1v) is 9.84. The largest absolute Gasteiger partial charge is 0.496 e. The lowest BCUT2D eigenvalue weighted by molar-refractivity contribution is -0.185. The van der Waals surface area contributed by atoms with Crippen LogP contribution in [-0.4, -0.2) is 56.2 Å². The van der Waals surface area contributed by atoms with Crippen LogP contribution in [0.3, 0.4) is 0 Å². The topological polar surface area (TPSA) is 61.9 Å². The average molecular weight is 486 g/mol. The highest BCUT2D eigenvalue weighted by molar-refractivity contribution is 9.10. The van der Waals surface area contributed by atoms with Gasteiger partial charge in [0.25, 0.3) is 5.91 Å². The number of hydrogen-bond acceptors (Lipinski definition) is 4. The Morgan fingerprint density at radius 2 is 1.67 bits per heavy atom. The summed E-state index contributed by atoms with van der Waals surface area (Å²) >= 11 is 3.34. The average Bonchev–Trinajstić information content (AvgIpc) is 2.73. The number of halogens is 4.